The molecule has 0 spiro atoms. The molecule has 0 aliphatic heterocycles. The molecule has 50 heavy (non-hydrogen) atoms. The molecule has 10 rings (SSSR count). The standard InChI is InChI=1S/C48H31NO/c1-2-13-35(14-3-1)49(37-15-8-12-34(31-37)40-19-10-21-46-45-17-6-7-22-47(45)50-48(40)46)36-26-23-33(24-27-36)39-18-9-20-41-42(39)29-30-43-38-16-5-4-11-32(38)25-28-44(41)43/h1-31H. The molecule has 0 aliphatic carbocycles. The Morgan fingerprint density at radius 3 is 1.80 bits per heavy atom. The van der Waals surface area contributed by atoms with Crippen molar-refractivity contribution in [2.45, 2.75) is 0 Å². The molecule has 9 aromatic carbocycles. The number of furan rings is 1. The van der Waals surface area contributed by atoms with Gasteiger partial charge < -0.3 is 9.32 Å². The third-order valence-electron chi connectivity index (χ3n) is 10.1. The van der Waals surface area contributed by atoms with Crippen molar-refractivity contribution in [2.75, 3.05) is 4.90 Å². The summed E-state index contributed by atoms with van der Waals surface area (Å²) in [5, 5.41) is 9.95. The molecule has 0 saturated carbocycles. The summed E-state index contributed by atoms with van der Waals surface area (Å²) in [6.07, 6.45) is 0. The third-order valence-corrected chi connectivity index (χ3v) is 10.1. The molecule has 1 aromatic heterocycles. The lowest BCUT2D eigenvalue weighted by Gasteiger charge is -2.26. The summed E-state index contributed by atoms with van der Waals surface area (Å²) in [5.41, 5.74) is 9.72. The Morgan fingerprint density at radius 2 is 0.920 bits per heavy atom. The van der Waals surface area contributed by atoms with E-state index >= 15 is 0 Å². The van der Waals surface area contributed by atoms with Gasteiger partial charge in [0.05, 0.1) is 0 Å². The highest BCUT2D eigenvalue weighted by Gasteiger charge is 2.17. The van der Waals surface area contributed by atoms with Crippen molar-refractivity contribution < 1.29 is 4.42 Å². The molecule has 0 amide bonds. The first-order chi connectivity index (χ1) is 24.8. The third kappa shape index (κ3) is 4.57. The van der Waals surface area contributed by atoms with Gasteiger partial charge in [-0.3, -0.25) is 0 Å². The molecule has 0 radical (unpaired) electrons. The zero-order valence-electron chi connectivity index (χ0n) is 27.3. The maximum absolute atomic E-state index is 6.42. The molecular weight excluding hydrogens is 607 g/mol. The van der Waals surface area contributed by atoms with E-state index in [9.17, 15) is 0 Å². The summed E-state index contributed by atoms with van der Waals surface area (Å²) in [7, 11) is 0. The Balaban J connectivity index is 1.07. The van der Waals surface area contributed by atoms with Crippen molar-refractivity contribution in [1.82, 2.24) is 0 Å². The second-order valence-corrected chi connectivity index (χ2v) is 12.9. The summed E-state index contributed by atoms with van der Waals surface area (Å²) in [6, 6.07) is 67.4. The molecule has 0 atom stereocenters. The van der Waals surface area contributed by atoms with Crippen LogP contribution in [0.2, 0.25) is 0 Å². The summed E-state index contributed by atoms with van der Waals surface area (Å²) in [6.45, 7) is 0. The Bertz CT molecular complexity index is 2870. The molecule has 0 aliphatic rings. The van der Waals surface area contributed by atoms with Gasteiger partial charge in [-0.1, -0.05) is 146 Å². The minimum absolute atomic E-state index is 0.907. The second kappa shape index (κ2) is 11.5. The number of anilines is 3. The van der Waals surface area contributed by atoms with Crippen LogP contribution in [0.5, 0.6) is 0 Å². The lowest BCUT2D eigenvalue weighted by Crippen LogP contribution is -2.09. The fourth-order valence-electron chi connectivity index (χ4n) is 7.71. The Morgan fingerprint density at radius 1 is 0.320 bits per heavy atom. The van der Waals surface area contributed by atoms with Crippen molar-refractivity contribution in [1.29, 1.82) is 0 Å². The van der Waals surface area contributed by atoms with Gasteiger partial charge in [0, 0.05) is 33.4 Å². The van der Waals surface area contributed by atoms with Gasteiger partial charge in [-0.2, -0.15) is 0 Å². The summed E-state index contributed by atoms with van der Waals surface area (Å²) in [4.78, 5) is 2.33. The Labute approximate surface area is 290 Å². The minimum Gasteiger partial charge on any atom is -0.455 e. The van der Waals surface area contributed by atoms with Gasteiger partial charge in [0.25, 0.3) is 0 Å². The van der Waals surface area contributed by atoms with E-state index in [-0.39, 0.29) is 0 Å². The molecule has 0 N–H and O–H groups in total. The van der Waals surface area contributed by atoms with Crippen molar-refractivity contribution >= 4 is 71.3 Å². The van der Waals surface area contributed by atoms with Gasteiger partial charge in [0.1, 0.15) is 11.2 Å². The molecule has 2 heteroatoms. The van der Waals surface area contributed by atoms with Crippen LogP contribution in [0.15, 0.2) is 192 Å². The molecule has 0 fully saturated rings. The topological polar surface area (TPSA) is 16.4 Å². The van der Waals surface area contributed by atoms with E-state index in [1.54, 1.807) is 0 Å². The number of hydrogen-bond acceptors (Lipinski definition) is 2. The highest BCUT2D eigenvalue weighted by Crippen LogP contribution is 2.41. The van der Waals surface area contributed by atoms with Gasteiger partial charge in [-0.05, 0) is 91.5 Å². The van der Waals surface area contributed by atoms with Crippen LogP contribution in [0.4, 0.5) is 17.1 Å². The number of fused-ring (bicyclic) bond motifs is 8. The molecule has 1 heterocycles. The van der Waals surface area contributed by atoms with Crippen molar-refractivity contribution in [3.8, 4) is 22.3 Å². The number of para-hydroxylation sites is 3. The first kappa shape index (κ1) is 28.4. The fourth-order valence-corrected chi connectivity index (χ4v) is 7.71. The number of rotatable bonds is 5. The smallest absolute Gasteiger partial charge is 0.143 e. The van der Waals surface area contributed by atoms with Crippen molar-refractivity contribution in [2.24, 2.45) is 0 Å². The molecule has 234 valence electrons. The first-order valence-electron chi connectivity index (χ1n) is 17.1. The molecule has 10 aromatic rings. The maximum atomic E-state index is 6.42. The largest absolute Gasteiger partial charge is 0.455 e. The van der Waals surface area contributed by atoms with Gasteiger partial charge in [0.15, 0.2) is 0 Å². The molecule has 0 unspecified atom stereocenters. The van der Waals surface area contributed by atoms with E-state index in [2.05, 4.69) is 181 Å². The summed E-state index contributed by atoms with van der Waals surface area (Å²) >= 11 is 0. The predicted octanol–water partition coefficient (Wildman–Crippen LogP) is 13.8. The maximum Gasteiger partial charge on any atom is 0.143 e. The lowest BCUT2D eigenvalue weighted by atomic mass is 9.92. The van der Waals surface area contributed by atoms with Crippen LogP contribution in [0.3, 0.4) is 0 Å². The quantitative estimate of drug-likeness (QED) is 0.175. The zero-order chi connectivity index (χ0) is 33.0. The molecule has 2 nitrogen and oxygen atoms in total. The van der Waals surface area contributed by atoms with E-state index in [4.69, 9.17) is 4.42 Å². The Kier molecular flexibility index (Phi) is 6.53. The number of nitrogens with zero attached hydrogens (tertiary/aromatic N) is 1. The highest BCUT2D eigenvalue weighted by molar-refractivity contribution is 6.19. The van der Waals surface area contributed by atoms with E-state index < -0.39 is 0 Å². The molecule has 0 bridgehead atoms. The SMILES string of the molecule is c1ccc(N(c2ccc(-c3cccc4c3ccc3c5ccccc5ccc43)cc2)c2cccc(-c3cccc4c3oc3ccccc34)c2)cc1. The fraction of sp³-hybridized carbons (Fsp3) is 0. The predicted molar refractivity (Wildman–Crippen MR) is 212 cm³/mol. The minimum atomic E-state index is 0.907. The van der Waals surface area contributed by atoms with Crippen molar-refractivity contribution in [3.05, 3.63) is 188 Å². The molecule has 0 saturated heterocycles. The molecular formula is C48H31NO. The first-order valence-corrected chi connectivity index (χ1v) is 17.1. The monoisotopic (exact) mass is 637 g/mol. The van der Waals surface area contributed by atoms with E-state index in [0.29, 0.717) is 0 Å². The average molecular weight is 638 g/mol. The normalized spacial score (nSPS) is 11.6. The lowest BCUT2D eigenvalue weighted by molar-refractivity contribution is 0.670. The highest BCUT2D eigenvalue weighted by atomic mass is 16.3. The summed E-state index contributed by atoms with van der Waals surface area (Å²) in [5.74, 6) is 0. The Hall–Kier alpha value is -6.64. The zero-order valence-corrected chi connectivity index (χ0v) is 27.3. The van der Waals surface area contributed by atoms with Crippen molar-refractivity contribution in [3.63, 3.8) is 0 Å². The van der Waals surface area contributed by atoms with Crippen LogP contribution in [0.25, 0.3) is 76.5 Å². The van der Waals surface area contributed by atoms with Gasteiger partial charge in [-0.25, -0.2) is 0 Å². The van der Waals surface area contributed by atoms with E-state index in [0.717, 1.165) is 50.1 Å². The van der Waals surface area contributed by atoms with Crippen LogP contribution in [0, 0.1) is 0 Å². The van der Waals surface area contributed by atoms with E-state index in [1.165, 1.54) is 43.4 Å². The number of hydrogen-bond donors (Lipinski definition) is 0. The van der Waals surface area contributed by atoms with Crippen LogP contribution in [-0.2, 0) is 0 Å². The second-order valence-electron chi connectivity index (χ2n) is 12.9. The van der Waals surface area contributed by atoms with Gasteiger partial charge in [0.2, 0.25) is 0 Å². The van der Waals surface area contributed by atoms with Gasteiger partial charge >= 0.3 is 0 Å². The summed E-state index contributed by atoms with van der Waals surface area (Å²) < 4.78 is 6.42. The average Bonchev–Trinajstić information content (AvgIpc) is 3.57. The van der Waals surface area contributed by atoms with Crippen LogP contribution in [-0.4, -0.2) is 0 Å². The van der Waals surface area contributed by atoms with Gasteiger partial charge in [-0.15, -0.1) is 0 Å². The van der Waals surface area contributed by atoms with Crippen LogP contribution >= 0.6 is 0 Å². The number of benzene rings is 9. The van der Waals surface area contributed by atoms with Crippen LogP contribution in [0.1, 0.15) is 0 Å². The van der Waals surface area contributed by atoms with E-state index in [1.807, 2.05) is 12.1 Å². The van der Waals surface area contributed by atoms with Crippen LogP contribution < -0.4 is 4.90 Å².